The molecule has 0 unspecified atom stereocenters. The van der Waals surface area contributed by atoms with Crippen molar-refractivity contribution in [3.05, 3.63) is 35.3 Å². The minimum Gasteiger partial charge on any atom is -0.344 e. The molecule has 246 valence electrons. The zero-order chi connectivity index (χ0) is 32.5. The Bertz CT molecular complexity index is 1320. The van der Waals surface area contributed by atoms with E-state index in [0.29, 0.717) is 37.2 Å². The molecule has 1 aliphatic heterocycles. The van der Waals surface area contributed by atoms with Gasteiger partial charge in [0.1, 0.15) is 23.6 Å². The number of carbonyl (C=O) groups excluding carboxylic acids is 4. The van der Waals surface area contributed by atoms with Gasteiger partial charge in [0.05, 0.1) is 5.69 Å². The lowest BCUT2D eigenvalue weighted by atomic mass is 9.89. The van der Waals surface area contributed by atoms with E-state index >= 15 is 4.39 Å². The van der Waals surface area contributed by atoms with Gasteiger partial charge in [0.2, 0.25) is 29.9 Å². The monoisotopic (exact) mass is 627 g/mol. The van der Waals surface area contributed by atoms with Crippen LogP contribution in [-0.4, -0.2) is 89.6 Å². The molecule has 1 saturated carbocycles. The van der Waals surface area contributed by atoms with Gasteiger partial charge in [-0.05, 0) is 55.1 Å². The molecule has 4 amide bonds. The van der Waals surface area contributed by atoms with E-state index in [2.05, 4.69) is 25.8 Å². The highest BCUT2D eigenvalue weighted by Crippen LogP contribution is 2.32. The number of piperazine rings is 1. The lowest BCUT2D eigenvalue weighted by Crippen LogP contribution is -2.55. The number of benzene rings is 1. The number of carbonyl (C=O) groups is 4. The van der Waals surface area contributed by atoms with Crippen LogP contribution in [0, 0.1) is 11.7 Å². The van der Waals surface area contributed by atoms with Crippen molar-refractivity contribution >= 4 is 35.6 Å². The Kier molecular flexibility index (Phi) is 12.0. The third-order valence-corrected chi connectivity index (χ3v) is 9.14. The van der Waals surface area contributed by atoms with Crippen LogP contribution in [-0.2, 0) is 25.6 Å². The first-order valence-corrected chi connectivity index (χ1v) is 16.1. The minimum absolute atomic E-state index is 0.0473. The number of amides is 4. The van der Waals surface area contributed by atoms with Crippen molar-refractivity contribution in [3.8, 4) is 0 Å². The molecule has 12 nitrogen and oxygen atoms in total. The molecule has 2 aliphatic rings. The average Bonchev–Trinajstić information content (AvgIpc) is 3.36. The van der Waals surface area contributed by atoms with Gasteiger partial charge in [-0.1, -0.05) is 57.7 Å². The van der Waals surface area contributed by atoms with Crippen molar-refractivity contribution in [2.75, 3.05) is 43.4 Å². The van der Waals surface area contributed by atoms with Gasteiger partial charge in [-0.2, -0.15) is 0 Å². The summed E-state index contributed by atoms with van der Waals surface area (Å²) in [7, 11) is 1.99. The molecular formula is C32H46FN7O5. The first kappa shape index (κ1) is 34.0. The standard InChI is InChI=1S/C32H46FN7O5/c1-5-25-30(37-45-36-25)40(20-41)29(22-11-9-7-8-10-12-22)31(43)34-26-14-13-23(19-24(26)33)21(3)28(35-27(42)6-2)32(44)39-17-15-38(4)16-18-39/h13-14,19-22,28-29H,5-12,15-18H2,1-4H3,(H,34,43)(H,35,42)/t21-,28+,29-/m0/s1. The number of halogens is 1. The van der Waals surface area contributed by atoms with Gasteiger partial charge < -0.3 is 20.4 Å². The molecule has 2 N–H and O–H groups in total. The summed E-state index contributed by atoms with van der Waals surface area (Å²) in [6.07, 6.45) is 6.63. The number of hydrogen-bond acceptors (Lipinski definition) is 8. The number of nitrogens with zero attached hydrogens (tertiary/aromatic N) is 5. The highest BCUT2D eigenvalue weighted by atomic mass is 19.1. The largest absolute Gasteiger partial charge is 0.344 e. The fourth-order valence-electron chi connectivity index (χ4n) is 6.28. The van der Waals surface area contributed by atoms with Gasteiger partial charge in [0.15, 0.2) is 0 Å². The fourth-order valence-corrected chi connectivity index (χ4v) is 6.28. The summed E-state index contributed by atoms with van der Waals surface area (Å²) in [6.45, 7) is 7.89. The van der Waals surface area contributed by atoms with E-state index < -0.39 is 29.7 Å². The van der Waals surface area contributed by atoms with E-state index in [-0.39, 0.29) is 35.7 Å². The van der Waals surface area contributed by atoms with Crippen LogP contribution in [0.25, 0.3) is 0 Å². The van der Waals surface area contributed by atoms with Gasteiger partial charge in [-0.25, -0.2) is 9.02 Å². The number of aromatic nitrogens is 2. The quantitative estimate of drug-likeness (QED) is 0.269. The second-order valence-electron chi connectivity index (χ2n) is 12.1. The summed E-state index contributed by atoms with van der Waals surface area (Å²) in [6, 6.07) is 2.59. The van der Waals surface area contributed by atoms with Crippen LogP contribution >= 0.6 is 0 Å². The second-order valence-corrected chi connectivity index (χ2v) is 12.1. The van der Waals surface area contributed by atoms with E-state index in [1.54, 1.807) is 24.8 Å². The summed E-state index contributed by atoms with van der Waals surface area (Å²) in [5.41, 5.74) is 0.910. The van der Waals surface area contributed by atoms with Gasteiger partial charge in [-0.15, -0.1) is 0 Å². The molecule has 2 fully saturated rings. The number of rotatable bonds is 12. The van der Waals surface area contributed by atoms with E-state index in [0.717, 1.165) is 51.6 Å². The fraction of sp³-hybridized carbons (Fsp3) is 0.625. The van der Waals surface area contributed by atoms with Gasteiger partial charge >= 0.3 is 0 Å². The van der Waals surface area contributed by atoms with Gasteiger partial charge in [-0.3, -0.25) is 24.1 Å². The topological polar surface area (TPSA) is 141 Å². The summed E-state index contributed by atoms with van der Waals surface area (Å²) in [5, 5.41) is 13.4. The van der Waals surface area contributed by atoms with E-state index in [1.807, 2.05) is 14.0 Å². The van der Waals surface area contributed by atoms with Gasteiger partial charge in [0.25, 0.3) is 0 Å². The molecule has 2 heterocycles. The highest BCUT2D eigenvalue weighted by molar-refractivity contribution is 6.00. The number of hydrogen-bond donors (Lipinski definition) is 2. The number of nitrogens with one attached hydrogen (secondary N) is 2. The molecule has 0 spiro atoms. The van der Waals surface area contributed by atoms with Crippen LogP contribution in [0.2, 0.25) is 0 Å². The number of aryl methyl sites for hydroxylation is 1. The first-order valence-electron chi connectivity index (χ1n) is 16.1. The zero-order valence-electron chi connectivity index (χ0n) is 26.8. The van der Waals surface area contributed by atoms with Crippen LogP contribution in [0.15, 0.2) is 22.8 Å². The van der Waals surface area contributed by atoms with Gasteiger partial charge in [0, 0.05) is 38.5 Å². The Morgan fingerprint density at radius 1 is 1.09 bits per heavy atom. The van der Waals surface area contributed by atoms with Crippen molar-refractivity contribution in [2.24, 2.45) is 5.92 Å². The molecular weight excluding hydrogens is 581 g/mol. The predicted molar refractivity (Wildman–Crippen MR) is 167 cm³/mol. The Hall–Kier alpha value is -3.87. The normalized spacial score (nSPS) is 18.4. The first-order chi connectivity index (χ1) is 21.7. The molecule has 1 aromatic carbocycles. The molecule has 2 aromatic rings. The van der Waals surface area contributed by atoms with Crippen molar-refractivity contribution in [2.45, 2.75) is 90.1 Å². The second kappa shape index (κ2) is 15.9. The summed E-state index contributed by atoms with van der Waals surface area (Å²) >= 11 is 0. The van der Waals surface area contributed by atoms with Crippen molar-refractivity contribution < 1.29 is 28.2 Å². The zero-order valence-corrected chi connectivity index (χ0v) is 26.8. The minimum atomic E-state index is -0.939. The lowest BCUT2D eigenvalue weighted by molar-refractivity contribution is -0.138. The molecule has 0 radical (unpaired) electrons. The summed E-state index contributed by atoms with van der Waals surface area (Å²) < 4.78 is 20.6. The maximum absolute atomic E-state index is 15.7. The van der Waals surface area contributed by atoms with Crippen molar-refractivity contribution in [3.63, 3.8) is 0 Å². The van der Waals surface area contributed by atoms with E-state index in [1.165, 1.54) is 17.0 Å². The lowest BCUT2D eigenvalue weighted by Gasteiger charge is -2.36. The highest BCUT2D eigenvalue weighted by Gasteiger charge is 2.38. The predicted octanol–water partition coefficient (Wildman–Crippen LogP) is 3.48. The maximum atomic E-state index is 15.7. The molecule has 1 saturated heterocycles. The molecule has 1 aliphatic carbocycles. The molecule has 45 heavy (non-hydrogen) atoms. The molecule has 13 heteroatoms. The summed E-state index contributed by atoms with van der Waals surface area (Å²) in [5.74, 6) is -2.20. The van der Waals surface area contributed by atoms with E-state index in [9.17, 15) is 19.2 Å². The Labute approximate surface area is 264 Å². The summed E-state index contributed by atoms with van der Waals surface area (Å²) in [4.78, 5) is 57.4. The van der Waals surface area contributed by atoms with Crippen LogP contribution in [0.1, 0.15) is 82.9 Å². The maximum Gasteiger partial charge on any atom is 0.247 e. The molecule has 3 atom stereocenters. The molecule has 1 aromatic heterocycles. The Balaban J connectivity index is 1.57. The van der Waals surface area contributed by atoms with E-state index in [4.69, 9.17) is 4.63 Å². The third kappa shape index (κ3) is 8.24. The number of likely N-dealkylation sites (N-methyl/N-ethyl adjacent to an activating group) is 1. The third-order valence-electron chi connectivity index (χ3n) is 9.14. The smallest absolute Gasteiger partial charge is 0.247 e. The van der Waals surface area contributed by atoms with Crippen molar-refractivity contribution in [1.82, 2.24) is 25.4 Å². The molecule has 4 rings (SSSR count). The average molecular weight is 628 g/mol. The van der Waals surface area contributed by atoms with Crippen LogP contribution in [0.3, 0.4) is 0 Å². The van der Waals surface area contributed by atoms with Crippen LogP contribution in [0.5, 0.6) is 0 Å². The van der Waals surface area contributed by atoms with Crippen LogP contribution < -0.4 is 15.5 Å². The Morgan fingerprint density at radius 3 is 2.38 bits per heavy atom. The Morgan fingerprint density at radius 2 is 1.78 bits per heavy atom. The van der Waals surface area contributed by atoms with Crippen molar-refractivity contribution in [1.29, 1.82) is 0 Å². The number of anilines is 2. The van der Waals surface area contributed by atoms with Crippen LogP contribution in [0.4, 0.5) is 15.9 Å². The molecule has 0 bridgehead atoms. The SMILES string of the molecule is CCC(=O)N[C@@H](C(=O)N1CCN(C)CC1)[C@@H](C)c1ccc(NC(=O)[C@H](C2CCCCCC2)N(C=O)c2nonc2CC)c(F)c1.